The summed E-state index contributed by atoms with van der Waals surface area (Å²) in [6.07, 6.45) is 0.741. The van der Waals surface area contributed by atoms with Crippen LogP contribution in [0.25, 0.3) is 0 Å². The highest BCUT2D eigenvalue weighted by Gasteiger charge is 2.16. The smallest absolute Gasteiger partial charge is 0.279 e. The van der Waals surface area contributed by atoms with Crippen LogP contribution in [0, 0.1) is 5.82 Å². The molecule has 0 aliphatic carbocycles. The van der Waals surface area contributed by atoms with E-state index >= 15 is 0 Å². The lowest BCUT2D eigenvalue weighted by Gasteiger charge is -2.17. The van der Waals surface area contributed by atoms with Crippen molar-refractivity contribution < 1.29 is 12.8 Å². The standard InChI is InChI=1S/C13H22FN3O2S/c1-3-15-8-5-9-17(2)20(18,19)16-11-12-6-4-7-13(14)10-12/h4,6-7,10,15-16H,3,5,8-9,11H2,1-2H3. The number of rotatable bonds is 9. The second kappa shape index (κ2) is 8.31. The number of halogens is 1. The van der Waals surface area contributed by atoms with Crippen molar-refractivity contribution in [3.63, 3.8) is 0 Å². The fourth-order valence-electron chi connectivity index (χ4n) is 1.66. The Balaban J connectivity index is 2.44. The lowest BCUT2D eigenvalue weighted by Crippen LogP contribution is -2.39. The van der Waals surface area contributed by atoms with E-state index in [1.165, 1.54) is 23.5 Å². The van der Waals surface area contributed by atoms with E-state index in [9.17, 15) is 12.8 Å². The van der Waals surface area contributed by atoms with Gasteiger partial charge in [-0.1, -0.05) is 19.1 Å². The molecule has 0 bridgehead atoms. The monoisotopic (exact) mass is 303 g/mol. The molecule has 7 heteroatoms. The molecule has 0 radical (unpaired) electrons. The van der Waals surface area contributed by atoms with Crippen LogP contribution >= 0.6 is 0 Å². The highest BCUT2D eigenvalue weighted by Crippen LogP contribution is 2.04. The van der Waals surface area contributed by atoms with Crippen molar-refractivity contribution in [2.24, 2.45) is 0 Å². The summed E-state index contributed by atoms with van der Waals surface area (Å²) in [4.78, 5) is 0. The highest BCUT2D eigenvalue weighted by atomic mass is 32.2. The molecule has 0 aliphatic heterocycles. The third-order valence-electron chi connectivity index (χ3n) is 2.83. The van der Waals surface area contributed by atoms with Gasteiger partial charge >= 0.3 is 0 Å². The Morgan fingerprint density at radius 1 is 1.35 bits per heavy atom. The summed E-state index contributed by atoms with van der Waals surface area (Å²) in [6, 6.07) is 5.87. The molecule has 0 spiro atoms. The molecule has 0 aliphatic rings. The van der Waals surface area contributed by atoms with Crippen LogP contribution in [0.3, 0.4) is 0 Å². The molecule has 0 fully saturated rings. The fourth-order valence-corrected chi connectivity index (χ4v) is 2.59. The van der Waals surface area contributed by atoms with Gasteiger partial charge in [0.15, 0.2) is 0 Å². The minimum atomic E-state index is -3.53. The molecule has 0 unspecified atom stereocenters. The Morgan fingerprint density at radius 3 is 2.75 bits per heavy atom. The summed E-state index contributed by atoms with van der Waals surface area (Å²) >= 11 is 0. The normalized spacial score (nSPS) is 12.0. The van der Waals surface area contributed by atoms with Crippen molar-refractivity contribution in [2.75, 3.05) is 26.7 Å². The van der Waals surface area contributed by atoms with Gasteiger partial charge < -0.3 is 5.32 Å². The summed E-state index contributed by atoms with van der Waals surface area (Å²) in [5.74, 6) is -0.374. The molecule has 114 valence electrons. The Morgan fingerprint density at radius 2 is 2.10 bits per heavy atom. The number of hydrogen-bond donors (Lipinski definition) is 2. The van der Waals surface area contributed by atoms with Crippen LogP contribution in [-0.2, 0) is 16.8 Å². The van der Waals surface area contributed by atoms with Gasteiger partial charge in [0.05, 0.1) is 0 Å². The number of hydrogen-bond acceptors (Lipinski definition) is 3. The highest BCUT2D eigenvalue weighted by molar-refractivity contribution is 7.87. The van der Waals surface area contributed by atoms with Crippen LogP contribution in [0.15, 0.2) is 24.3 Å². The third-order valence-corrected chi connectivity index (χ3v) is 4.35. The van der Waals surface area contributed by atoms with Crippen molar-refractivity contribution >= 4 is 10.2 Å². The zero-order valence-electron chi connectivity index (χ0n) is 11.9. The lowest BCUT2D eigenvalue weighted by atomic mass is 10.2. The van der Waals surface area contributed by atoms with E-state index in [4.69, 9.17) is 0 Å². The molecule has 0 amide bonds. The molecule has 1 aromatic carbocycles. The first kappa shape index (κ1) is 17.0. The zero-order valence-corrected chi connectivity index (χ0v) is 12.7. The maximum Gasteiger partial charge on any atom is 0.279 e. The maximum absolute atomic E-state index is 13.0. The van der Waals surface area contributed by atoms with E-state index in [0.29, 0.717) is 12.1 Å². The van der Waals surface area contributed by atoms with E-state index in [1.54, 1.807) is 12.1 Å². The van der Waals surface area contributed by atoms with Gasteiger partial charge in [0.25, 0.3) is 10.2 Å². The topological polar surface area (TPSA) is 61.4 Å². The van der Waals surface area contributed by atoms with E-state index in [1.807, 2.05) is 6.92 Å². The molecular weight excluding hydrogens is 281 g/mol. The lowest BCUT2D eigenvalue weighted by molar-refractivity contribution is 0.445. The summed E-state index contributed by atoms with van der Waals surface area (Å²) in [5, 5.41) is 3.14. The van der Waals surface area contributed by atoms with Crippen molar-refractivity contribution in [3.8, 4) is 0 Å². The third kappa shape index (κ3) is 5.96. The van der Waals surface area contributed by atoms with Gasteiger partial charge in [-0.3, -0.25) is 0 Å². The second-order valence-corrected chi connectivity index (χ2v) is 6.35. The zero-order chi connectivity index (χ0) is 15.0. The first-order chi connectivity index (χ1) is 9.45. The van der Waals surface area contributed by atoms with Crippen molar-refractivity contribution in [1.29, 1.82) is 0 Å². The molecule has 0 atom stereocenters. The van der Waals surface area contributed by atoms with E-state index in [0.717, 1.165) is 19.5 Å². The van der Waals surface area contributed by atoms with Crippen LogP contribution in [0.1, 0.15) is 18.9 Å². The van der Waals surface area contributed by atoms with Gasteiger partial charge in [-0.2, -0.15) is 17.4 Å². The van der Waals surface area contributed by atoms with Gasteiger partial charge in [0.1, 0.15) is 5.82 Å². The van der Waals surface area contributed by atoms with Gasteiger partial charge in [-0.05, 0) is 37.2 Å². The van der Waals surface area contributed by atoms with E-state index in [-0.39, 0.29) is 12.4 Å². The number of nitrogens with one attached hydrogen (secondary N) is 2. The molecule has 0 saturated carbocycles. The van der Waals surface area contributed by atoms with Crippen molar-refractivity contribution in [3.05, 3.63) is 35.6 Å². The first-order valence-corrected chi connectivity index (χ1v) is 8.06. The minimum absolute atomic E-state index is 0.0810. The van der Waals surface area contributed by atoms with Crippen LogP contribution < -0.4 is 10.0 Å². The van der Waals surface area contributed by atoms with Crippen LogP contribution in [0.4, 0.5) is 4.39 Å². The first-order valence-electron chi connectivity index (χ1n) is 6.62. The largest absolute Gasteiger partial charge is 0.317 e. The van der Waals surface area contributed by atoms with Gasteiger partial charge in [0.2, 0.25) is 0 Å². The quantitative estimate of drug-likeness (QED) is 0.671. The fraction of sp³-hybridized carbons (Fsp3) is 0.538. The van der Waals surface area contributed by atoms with Gasteiger partial charge in [0, 0.05) is 20.1 Å². The molecule has 1 rings (SSSR count). The summed E-state index contributed by atoms with van der Waals surface area (Å²) in [6.45, 7) is 4.17. The molecule has 5 nitrogen and oxygen atoms in total. The summed E-state index contributed by atoms with van der Waals surface area (Å²) in [7, 11) is -2.00. The predicted molar refractivity (Wildman–Crippen MR) is 78.0 cm³/mol. The van der Waals surface area contributed by atoms with Crippen LogP contribution in [-0.4, -0.2) is 39.4 Å². The van der Waals surface area contributed by atoms with Crippen LogP contribution in [0.2, 0.25) is 0 Å². The average molecular weight is 303 g/mol. The summed E-state index contributed by atoms with van der Waals surface area (Å²) < 4.78 is 40.6. The van der Waals surface area contributed by atoms with Gasteiger partial charge in [-0.25, -0.2) is 4.39 Å². The molecule has 0 heterocycles. The Bertz CT molecular complexity index is 508. The van der Waals surface area contributed by atoms with Crippen molar-refractivity contribution in [2.45, 2.75) is 19.9 Å². The molecular formula is C13H22FN3O2S. The predicted octanol–water partition coefficient (Wildman–Crippen LogP) is 1.09. The van der Waals surface area contributed by atoms with Crippen LogP contribution in [0.5, 0.6) is 0 Å². The Hall–Kier alpha value is -1.02. The van der Waals surface area contributed by atoms with E-state index in [2.05, 4.69) is 10.0 Å². The van der Waals surface area contributed by atoms with Crippen molar-refractivity contribution in [1.82, 2.24) is 14.3 Å². The molecule has 2 N–H and O–H groups in total. The molecule has 20 heavy (non-hydrogen) atoms. The Labute approximate surface area is 120 Å². The Kier molecular flexibility index (Phi) is 7.08. The number of benzene rings is 1. The SMILES string of the molecule is CCNCCCN(C)S(=O)(=O)NCc1cccc(F)c1. The summed E-state index contributed by atoms with van der Waals surface area (Å²) in [5.41, 5.74) is 0.592. The molecule has 0 saturated heterocycles. The van der Waals surface area contributed by atoms with Gasteiger partial charge in [-0.15, -0.1) is 0 Å². The van der Waals surface area contributed by atoms with E-state index < -0.39 is 10.2 Å². The molecule has 1 aromatic rings. The molecule has 0 aromatic heterocycles. The number of nitrogens with zero attached hydrogens (tertiary/aromatic N) is 1. The second-order valence-electron chi connectivity index (χ2n) is 4.48. The average Bonchev–Trinajstić information content (AvgIpc) is 2.41. The minimum Gasteiger partial charge on any atom is -0.317 e. The maximum atomic E-state index is 13.0.